The number of nitrogens with zero attached hydrogens (tertiary/aromatic N) is 1. The average Bonchev–Trinajstić information content (AvgIpc) is 3.04. The summed E-state index contributed by atoms with van der Waals surface area (Å²) >= 11 is 0. The van der Waals surface area contributed by atoms with Crippen LogP contribution in [0.5, 0.6) is 11.5 Å². The second-order valence-corrected chi connectivity index (χ2v) is 5.89. The molecule has 0 amide bonds. The van der Waals surface area contributed by atoms with Gasteiger partial charge in [0, 0.05) is 18.2 Å². The summed E-state index contributed by atoms with van der Waals surface area (Å²) in [4.78, 5) is 4.51. The number of rotatable bonds is 2. The number of pyridine rings is 1. The summed E-state index contributed by atoms with van der Waals surface area (Å²) in [5, 5.41) is 5.70. The Morgan fingerprint density at radius 3 is 2.86 bits per heavy atom. The molecule has 0 bridgehead atoms. The van der Waals surface area contributed by atoms with E-state index in [0.717, 1.165) is 41.1 Å². The van der Waals surface area contributed by atoms with E-state index in [4.69, 9.17) is 14.2 Å². The van der Waals surface area contributed by atoms with Crippen molar-refractivity contribution in [1.29, 1.82) is 0 Å². The molecule has 1 aromatic carbocycles. The predicted octanol–water partition coefficient (Wildman–Crippen LogP) is 2.94. The van der Waals surface area contributed by atoms with Gasteiger partial charge in [0.15, 0.2) is 11.5 Å². The monoisotopic (exact) mass is 286 g/mol. The lowest BCUT2D eigenvalue weighted by atomic mass is 9.94. The molecular weight excluding hydrogens is 268 g/mol. The molecule has 3 heterocycles. The standard InChI is InChI=1S/C16H18N2O3/c1-10-16(2,4-6-19-10)18-15-12-8-14-13(20-9-21-14)7-11(12)3-5-17-15/h3,5,7-8,10H,4,6,9H2,1-2H3,(H,17,18). The minimum atomic E-state index is -0.0995. The van der Waals surface area contributed by atoms with Gasteiger partial charge in [-0.05, 0) is 43.9 Å². The molecule has 1 saturated heterocycles. The van der Waals surface area contributed by atoms with Gasteiger partial charge in [0.05, 0.1) is 11.6 Å². The molecule has 1 fully saturated rings. The molecule has 1 N–H and O–H groups in total. The van der Waals surface area contributed by atoms with Crippen molar-refractivity contribution in [1.82, 2.24) is 4.98 Å². The molecule has 2 unspecified atom stereocenters. The highest BCUT2D eigenvalue weighted by Gasteiger charge is 2.37. The normalized spacial score (nSPS) is 27.2. The molecule has 21 heavy (non-hydrogen) atoms. The Balaban J connectivity index is 1.78. The minimum Gasteiger partial charge on any atom is -0.454 e. The van der Waals surface area contributed by atoms with Gasteiger partial charge in [0.25, 0.3) is 0 Å². The Hall–Kier alpha value is -2.01. The second kappa shape index (κ2) is 4.49. The number of hydrogen-bond acceptors (Lipinski definition) is 5. The molecule has 2 aliphatic heterocycles. The quantitative estimate of drug-likeness (QED) is 0.920. The summed E-state index contributed by atoms with van der Waals surface area (Å²) in [6, 6.07) is 5.98. The zero-order valence-electron chi connectivity index (χ0n) is 12.2. The van der Waals surface area contributed by atoms with E-state index in [2.05, 4.69) is 24.1 Å². The summed E-state index contributed by atoms with van der Waals surface area (Å²) < 4.78 is 16.6. The predicted molar refractivity (Wildman–Crippen MR) is 79.9 cm³/mol. The zero-order chi connectivity index (χ0) is 14.4. The molecule has 4 rings (SSSR count). The van der Waals surface area contributed by atoms with Crippen molar-refractivity contribution < 1.29 is 14.2 Å². The first-order valence-corrected chi connectivity index (χ1v) is 7.24. The average molecular weight is 286 g/mol. The van der Waals surface area contributed by atoms with E-state index in [1.165, 1.54) is 0 Å². The Labute approximate surface area is 123 Å². The van der Waals surface area contributed by atoms with Crippen LogP contribution < -0.4 is 14.8 Å². The lowest BCUT2D eigenvalue weighted by Gasteiger charge is -2.30. The smallest absolute Gasteiger partial charge is 0.231 e. The van der Waals surface area contributed by atoms with Crippen molar-refractivity contribution in [2.24, 2.45) is 0 Å². The van der Waals surface area contributed by atoms with Crippen LogP contribution in [-0.2, 0) is 4.74 Å². The third-order valence-corrected chi connectivity index (χ3v) is 4.55. The van der Waals surface area contributed by atoms with Crippen LogP contribution in [0.15, 0.2) is 24.4 Å². The van der Waals surface area contributed by atoms with Crippen molar-refractivity contribution in [3.63, 3.8) is 0 Å². The van der Waals surface area contributed by atoms with Crippen LogP contribution in [0.3, 0.4) is 0 Å². The number of hydrogen-bond donors (Lipinski definition) is 1. The maximum atomic E-state index is 5.69. The number of fused-ring (bicyclic) bond motifs is 2. The van der Waals surface area contributed by atoms with Crippen molar-refractivity contribution in [2.75, 3.05) is 18.7 Å². The number of anilines is 1. The third kappa shape index (κ3) is 2.00. The molecule has 2 aromatic rings. The summed E-state index contributed by atoms with van der Waals surface area (Å²) in [6.07, 6.45) is 2.94. The lowest BCUT2D eigenvalue weighted by molar-refractivity contribution is 0.105. The lowest BCUT2D eigenvalue weighted by Crippen LogP contribution is -2.41. The largest absolute Gasteiger partial charge is 0.454 e. The fourth-order valence-electron chi connectivity index (χ4n) is 2.93. The first-order chi connectivity index (χ1) is 10.2. The molecule has 1 aromatic heterocycles. The molecule has 2 aliphatic rings. The fraction of sp³-hybridized carbons (Fsp3) is 0.438. The first kappa shape index (κ1) is 12.7. The van der Waals surface area contributed by atoms with E-state index in [-0.39, 0.29) is 18.4 Å². The van der Waals surface area contributed by atoms with Crippen LogP contribution >= 0.6 is 0 Å². The van der Waals surface area contributed by atoms with E-state index in [9.17, 15) is 0 Å². The van der Waals surface area contributed by atoms with Crippen LogP contribution in [-0.4, -0.2) is 30.0 Å². The highest BCUT2D eigenvalue weighted by atomic mass is 16.7. The van der Waals surface area contributed by atoms with E-state index < -0.39 is 0 Å². The van der Waals surface area contributed by atoms with Gasteiger partial charge in [-0.15, -0.1) is 0 Å². The molecule has 5 heteroatoms. The van der Waals surface area contributed by atoms with E-state index in [1.807, 2.05) is 24.4 Å². The summed E-state index contributed by atoms with van der Waals surface area (Å²) in [6.45, 7) is 5.34. The van der Waals surface area contributed by atoms with Gasteiger partial charge in [-0.3, -0.25) is 0 Å². The highest BCUT2D eigenvalue weighted by molar-refractivity contribution is 5.94. The van der Waals surface area contributed by atoms with Gasteiger partial charge >= 0.3 is 0 Å². The van der Waals surface area contributed by atoms with Gasteiger partial charge in [-0.2, -0.15) is 0 Å². The Morgan fingerprint density at radius 1 is 1.29 bits per heavy atom. The second-order valence-electron chi connectivity index (χ2n) is 5.89. The third-order valence-electron chi connectivity index (χ3n) is 4.55. The van der Waals surface area contributed by atoms with E-state index in [1.54, 1.807) is 0 Å². The molecule has 110 valence electrons. The molecule has 0 aliphatic carbocycles. The topological polar surface area (TPSA) is 52.6 Å². The van der Waals surface area contributed by atoms with Crippen LogP contribution in [0.2, 0.25) is 0 Å². The zero-order valence-corrected chi connectivity index (χ0v) is 12.2. The van der Waals surface area contributed by atoms with Crippen LogP contribution in [0, 0.1) is 0 Å². The van der Waals surface area contributed by atoms with Crippen molar-refractivity contribution in [3.8, 4) is 11.5 Å². The van der Waals surface area contributed by atoms with Crippen molar-refractivity contribution >= 4 is 16.6 Å². The van der Waals surface area contributed by atoms with Gasteiger partial charge in [-0.25, -0.2) is 4.98 Å². The summed E-state index contributed by atoms with van der Waals surface area (Å²) in [5.41, 5.74) is -0.0995. The van der Waals surface area contributed by atoms with Crippen molar-refractivity contribution in [3.05, 3.63) is 24.4 Å². The van der Waals surface area contributed by atoms with Crippen LogP contribution in [0.25, 0.3) is 10.8 Å². The number of benzene rings is 1. The van der Waals surface area contributed by atoms with Crippen LogP contribution in [0.1, 0.15) is 20.3 Å². The van der Waals surface area contributed by atoms with Gasteiger partial charge in [-0.1, -0.05) is 0 Å². The first-order valence-electron chi connectivity index (χ1n) is 7.24. The molecule has 0 saturated carbocycles. The Kier molecular flexibility index (Phi) is 2.72. The maximum Gasteiger partial charge on any atom is 0.231 e. The molecule has 2 atom stereocenters. The Morgan fingerprint density at radius 2 is 2.10 bits per heavy atom. The Bertz CT molecular complexity index is 703. The van der Waals surface area contributed by atoms with E-state index >= 15 is 0 Å². The highest BCUT2D eigenvalue weighted by Crippen LogP contribution is 2.39. The number of aromatic nitrogens is 1. The van der Waals surface area contributed by atoms with Gasteiger partial charge < -0.3 is 19.5 Å². The molecule has 5 nitrogen and oxygen atoms in total. The van der Waals surface area contributed by atoms with E-state index in [0.29, 0.717) is 0 Å². The fourth-order valence-corrected chi connectivity index (χ4v) is 2.93. The molecular formula is C16H18N2O3. The number of ether oxygens (including phenoxy) is 3. The number of nitrogens with one attached hydrogen (secondary N) is 1. The van der Waals surface area contributed by atoms with Gasteiger partial charge in [0.2, 0.25) is 6.79 Å². The SMILES string of the molecule is CC1OCCC1(C)Nc1nccc2cc3c(cc12)OCO3. The maximum absolute atomic E-state index is 5.69. The summed E-state index contributed by atoms with van der Waals surface area (Å²) in [7, 11) is 0. The summed E-state index contributed by atoms with van der Waals surface area (Å²) in [5.74, 6) is 2.44. The van der Waals surface area contributed by atoms with Crippen LogP contribution in [0.4, 0.5) is 5.82 Å². The molecule has 0 radical (unpaired) electrons. The van der Waals surface area contributed by atoms with Gasteiger partial charge in [0.1, 0.15) is 5.82 Å². The van der Waals surface area contributed by atoms with Crippen molar-refractivity contribution in [2.45, 2.75) is 31.9 Å². The minimum absolute atomic E-state index is 0.0995. The molecule has 0 spiro atoms.